The molecular formula is C32H71BeK. The molecule has 0 aromatic carbocycles. The van der Waals surface area contributed by atoms with Crippen LogP contribution in [-0.4, -0.2) is 10.1 Å². The molecule has 202 valence electrons. The fourth-order valence-electron chi connectivity index (χ4n) is 4.54. The Morgan fingerprint density at radius 3 is 0.412 bits per heavy atom. The van der Waals surface area contributed by atoms with Gasteiger partial charge in [-0.25, -0.2) is 0 Å². The van der Waals surface area contributed by atoms with Gasteiger partial charge in [-0.3, -0.25) is 0 Å². The Hall–Kier alpha value is 1.81. The van der Waals surface area contributed by atoms with Crippen molar-refractivity contribution < 1.29 is 55.7 Å². The largest absolute Gasteiger partial charge is 2.00 e. The van der Waals surface area contributed by atoms with Crippen molar-refractivity contribution in [3.63, 3.8) is 0 Å². The molecule has 0 aliphatic rings. The Bertz CT molecular complexity index is 241. The third-order valence-electron chi connectivity index (χ3n) is 6.91. The van der Waals surface area contributed by atoms with E-state index in [1.54, 1.807) is 0 Å². The standard InChI is InChI=1S/2C16H34.Be.K.3H/c2*1-3-5-7-9-11-13-15-16-14-12-10-8-6-4-2;;;;;/h2*3-16H2,1-2H3;;;;;/q;;+2;+1;3*-1. The monoisotopic (exact) mass is 504 g/mol. The van der Waals surface area contributed by atoms with E-state index in [4.69, 9.17) is 0 Å². The third-order valence-corrected chi connectivity index (χ3v) is 6.91. The minimum atomic E-state index is 0. The number of rotatable bonds is 26. The van der Waals surface area contributed by atoms with Crippen LogP contribution in [0.4, 0.5) is 0 Å². The molecule has 34 heavy (non-hydrogen) atoms. The van der Waals surface area contributed by atoms with Gasteiger partial charge in [-0.1, -0.05) is 207 Å². The first kappa shape index (κ1) is 42.9. The van der Waals surface area contributed by atoms with Gasteiger partial charge in [0.1, 0.15) is 0 Å². The molecule has 0 fully saturated rings. The molecule has 0 heterocycles. The van der Waals surface area contributed by atoms with Crippen LogP contribution in [0.15, 0.2) is 0 Å². The summed E-state index contributed by atoms with van der Waals surface area (Å²) in [6.07, 6.45) is 40.8. The molecule has 0 rings (SSSR count). The van der Waals surface area contributed by atoms with Gasteiger partial charge in [-0.2, -0.15) is 0 Å². The summed E-state index contributed by atoms with van der Waals surface area (Å²) in [6, 6.07) is 0. The first-order valence-corrected chi connectivity index (χ1v) is 15.8. The maximum atomic E-state index is 2.29. The van der Waals surface area contributed by atoms with Crippen molar-refractivity contribution in [1.82, 2.24) is 0 Å². The molecule has 2 heteroatoms. The second-order valence-corrected chi connectivity index (χ2v) is 10.5. The summed E-state index contributed by atoms with van der Waals surface area (Å²) >= 11 is 0. The molecule has 0 spiro atoms. The van der Waals surface area contributed by atoms with Crippen LogP contribution in [0.5, 0.6) is 0 Å². The summed E-state index contributed by atoms with van der Waals surface area (Å²) in [5, 5.41) is 0. The van der Waals surface area contributed by atoms with E-state index >= 15 is 0 Å². The molecule has 0 amide bonds. The number of hydrogen-bond acceptors (Lipinski definition) is 0. The van der Waals surface area contributed by atoms with Gasteiger partial charge in [0.25, 0.3) is 0 Å². The predicted molar refractivity (Wildman–Crippen MR) is 161 cm³/mol. The van der Waals surface area contributed by atoms with Crippen molar-refractivity contribution in [1.29, 1.82) is 0 Å². The number of unbranched alkanes of at least 4 members (excludes halogenated alkanes) is 26. The van der Waals surface area contributed by atoms with Crippen LogP contribution < -0.4 is 51.4 Å². The van der Waals surface area contributed by atoms with Crippen molar-refractivity contribution in [2.24, 2.45) is 0 Å². The van der Waals surface area contributed by atoms with E-state index in [1.165, 1.54) is 180 Å². The molecule has 0 nitrogen and oxygen atoms in total. The molecule has 0 aliphatic carbocycles. The second-order valence-electron chi connectivity index (χ2n) is 10.5. The molecule has 0 aromatic rings. The van der Waals surface area contributed by atoms with Crippen LogP contribution in [0.1, 0.15) is 212 Å². The van der Waals surface area contributed by atoms with Crippen LogP contribution in [-0.2, 0) is 0 Å². The molecule has 0 N–H and O–H groups in total. The molecule has 0 aromatic heterocycles. The maximum Gasteiger partial charge on any atom is 2.00 e. The summed E-state index contributed by atoms with van der Waals surface area (Å²) < 4.78 is 0. The summed E-state index contributed by atoms with van der Waals surface area (Å²) in [5.41, 5.74) is 0. The van der Waals surface area contributed by atoms with E-state index in [2.05, 4.69) is 27.7 Å². The van der Waals surface area contributed by atoms with Gasteiger partial charge in [0, 0.05) is 0 Å². The quantitative estimate of drug-likeness (QED) is 0.0813. The molecule has 0 aliphatic heterocycles. The molecule has 0 atom stereocenters. The zero-order valence-electron chi connectivity index (χ0n) is 28.5. The van der Waals surface area contributed by atoms with E-state index in [0.717, 1.165) is 0 Å². The Kier molecular flexibility index (Phi) is 56.5. The Morgan fingerprint density at radius 1 is 0.235 bits per heavy atom. The average molecular weight is 504 g/mol. The van der Waals surface area contributed by atoms with E-state index in [0.29, 0.717) is 0 Å². The topological polar surface area (TPSA) is 0 Å². The van der Waals surface area contributed by atoms with Gasteiger partial charge in [0.15, 0.2) is 0 Å². The van der Waals surface area contributed by atoms with Gasteiger partial charge >= 0.3 is 61.5 Å². The zero-order chi connectivity index (χ0) is 23.8. The SMILES string of the molecule is CCCCCCCCCCCCCCCC.CCCCCCCCCCCCCCCC.[Be+2].[H-].[H-].[H-].[K+]. The van der Waals surface area contributed by atoms with Gasteiger partial charge in [0.05, 0.1) is 0 Å². The first-order valence-electron chi connectivity index (χ1n) is 15.8. The van der Waals surface area contributed by atoms with Crippen LogP contribution >= 0.6 is 0 Å². The van der Waals surface area contributed by atoms with E-state index in [1.807, 2.05) is 0 Å². The third kappa shape index (κ3) is 47.1. The van der Waals surface area contributed by atoms with Crippen molar-refractivity contribution in [3.8, 4) is 0 Å². The first-order chi connectivity index (χ1) is 15.8. The van der Waals surface area contributed by atoms with Crippen LogP contribution in [0.3, 0.4) is 0 Å². The molecule has 0 radical (unpaired) electrons. The second kappa shape index (κ2) is 44.8. The molecular weight excluding hydrogens is 432 g/mol. The van der Waals surface area contributed by atoms with Gasteiger partial charge in [-0.15, -0.1) is 0 Å². The van der Waals surface area contributed by atoms with Crippen molar-refractivity contribution >= 4 is 10.1 Å². The molecule has 0 unspecified atom stereocenters. The van der Waals surface area contributed by atoms with Crippen LogP contribution in [0, 0.1) is 0 Å². The minimum absolute atomic E-state index is 0. The van der Waals surface area contributed by atoms with Gasteiger partial charge < -0.3 is 4.28 Å². The van der Waals surface area contributed by atoms with Gasteiger partial charge in [0.2, 0.25) is 0 Å². The Balaban J connectivity index is -0.0000000857. The zero-order valence-corrected chi connectivity index (χ0v) is 28.6. The minimum Gasteiger partial charge on any atom is -1.00 e. The Labute approximate surface area is 270 Å². The van der Waals surface area contributed by atoms with E-state index in [-0.39, 0.29) is 65.8 Å². The number of hydrogen-bond donors (Lipinski definition) is 0. The van der Waals surface area contributed by atoms with E-state index in [9.17, 15) is 0 Å². The smallest absolute Gasteiger partial charge is 1.00 e. The normalized spacial score (nSPS) is 10.2. The summed E-state index contributed by atoms with van der Waals surface area (Å²) in [5.74, 6) is 0. The molecule has 0 saturated heterocycles. The van der Waals surface area contributed by atoms with Crippen molar-refractivity contribution in [3.05, 3.63) is 0 Å². The summed E-state index contributed by atoms with van der Waals surface area (Å²) in [6.45, 7) is 9.16. The molecule has 0 bridgehead atoms. The summed E-state index contributed by atoms with van der Waals surface area (Å²) in [7, 11) is 0. The Morgan fingerprint density at radius 2 is 0.324 bits per heavy atom. The predicted octanol–water partition coefficient (Wildman–Crippen LogP) is 9.94. The van der Waals surface area contributed by atoms with Crippen molar-refractivity contribution in [2.75, 3.05) is 0 Å². The fraction of sp³-hybridized carbons (Fsp3) is 1.00. The van der Waals surface area contributed by atoms with E-state index < -0.39 is 0 Å². The van der Waals surface area contributed by atoms with Crippen LogP contribution in [0.2, 0.25) is 0 Å². The maximum absolute atomic E-state index is 2.29. The fourth-order valence-corrected chi connectivity index (χ4v) is 4.54. The summed E-state index contributed by atoms with van der Waals surface area (Å²) in [4.78, 5) is 0. The van der Waals surface area contributed by atoms with Gasteiger partial charge in [-0.05, 0) is 0 Å². The van der Waals surface area contributed by atoms with Crippen LogP contribution in [0.25, 0.3) is 0 Å². The molecule has 0 saturated carbocycles. The van der Waals surface area contributed by atoms with Crippen molar-refractivity contribution in [2.45, 2.75) is 207 Å². The average Bonchev–Trinajstić information content (AvgIpc) is 2.81.